The highest BCUT2D eigenvalue weighted by Gasteiger charge is 2.09. The van der Waals surface area contributed by atoms with E-state index in [0.29, 0.717) is 12.6 Å². The van der Waals surface area contributed by atoms with E-state index in [2.05, 4.69) is 51.0 Å². The zero-order valence-corrected chi connectivity index (χ0v) is 13.1. The highest BCUT2D eigenvalue weighted by Crippen LogP contribution is 2.34. The van der Waals surface area contributed by atoms with Crippen molar-refractivity contribution >= 4 is 31.9 Å². The smallest absolute Gasteiger partial charge is 0.147 e. The van der Waals surface area contributed by atoms with Gasteiger partial charge in [-0.05, 0) is 49.6 Å². The zero-order valence-electron chi connectivity index (χ0n) is 9.96. The van der Waals surface area contributed by atoms with Gasteiger partial charge in [0.15, 0.2) is 0 Å². The molecule has 0 saturated carbocycles. The molecule has 3 nitrogen and oxygen atoms in total. The Balaban J connectivity index is 2.78. The molecule has 0 radical (unpaired) electrons. The molecule has 96 valence electrons. The second-order valence-electron chi connectivity index (χ2n) is 4.00. The Bertz CT molecular complexity index is 347. The van der Waals surface area contributed by atoms with E-state index >= 15 is 0 Å². The predicted molar refractivity (Wildman–Crippen MR) is 76.4 cm³/mol. The monoisotopic (exact) mass is 365 g/mol. The van der Waals surface area contributed by atoms with Crippen molar-refractivity contribution in [1.82, 2.24) is 5.32 Å². The minimum Gasteiger partial charge on any atom is -0.489 e. The second kappa shape index (κ2) is 7.36. The number of hydrogen-bond donors (Lipinski definition) is 2. The Labute approximate surface area is 119 Å². The van der Waals surface area contributed by atoms with Crippen molar-refractivity contribution in [3.05, 3.63) is 26.6 Å². The summed E-state index contributed by atoms with van der Waals surface area (Å²) in [6.45, 7) is 5.34. The molecule has 0 amide bonds. The van der Waals surface area contributed by atoms with Crippen LogP contribution in [0.3, 0.4) is 0 Å². The molecule has 1 aromatic carbocycles. The molecule has 0 aliphatic rings. The molecule has 0 saturated heterocycles. The Morgan fingerprint density at radius 3 is 2.35 bits per heavy atom. The first kappa shape index (κ1) is 15.0. The molecule has 1 rings (SSSR count). The lowest BCUT2D eigenvalue weighted by atomic mass is 10.2. The van der Waals surface area contributed by atoms with Gasteiger partial charge in [-0.1, -0.05) is 13.8 Å². The van der Waals surface area contributed by atoms with E-state index < -0.39 is 0 Å². The first-order chi connectivity index (χ1) is 8.04. The maximum atomic E-state index is 8.74. The topological polar surface area (TPSA) is 41.5 Å². The third-order valence-corrected chi connectivity index (χ3v) is 3.29. The average molecular weight is 367 g/mol. The molecule has 0 aromatic heterocycles. The summed E-state index contributed by atoms with van der Waals surface area (Å²) < 4.78 is 7.21. The van der Waals surface area contributed by atoms with Crippen LogP contribution in [0.1, 0.15) is 19.4 Å². The summed E-state index contributed by atoms with van der Waals surface area (Å²) in [6, 6.07) is 4.50. The van der Waals surface area contributed by atoms with Crippen LogP contribution in [-0.4, -0.2) is 24.4 Å². The van der Waals surface area contributed by atoms with Crippen LogP contribution < -0.4 is 10.1 Å². The van der Waals surface area contributed by atoms with E-state index in [1.54, 1.807) is 0 Å². The molecule has 17 heavy (non-hydrogen) atoms. The molecule has 0 atom stereocenters. The molecular formula is C12H17Br2NO2. The molecule has 0 heterocycles. The highest BCUT2D eigenvalue weighted by molar-refractivity contribution is 9.11. The third kappa shape index (κ3) is 4.95. The quantitative estimate of drug-likeness (QED) is 0.812. The van der Waals surface area contributed by atoms with Gasteiger partial charge in [-0.25, -0.2) is 0 Å². The summed E-state index contributed by atoms with van der Waals surface area (Å²) in [5, 5.41) is 12.1. The Morgan fingerprint density at radius 2 is 1.88 bits per heavy atom. The van der Waals surface area contributed by atoms with Gasteiger partial charge in [0.25, 0.3) is 0 Å². The van der Waals surface area contributed by atoms with Crippen LogP contribution in [0.4, 0.5) is 0 Å². The number of benzene rings is 1. The fourth-order valence-corrected chi connectivity index (χ4v) is 2.83. The fraction of sp³-hybridized carbons (Fsp3) is 0.500. The molecule has 0 spiro atoms. The summed E-state index contributed by atoms with van der Waals surface area (Å²) >= 11 is 6.94. The molecule has 1 aromatic rings. The summed E-state index contributed by atoms with van der Waals surface area (Å²) in [6.07, 6.45) is 0. The largest absolute Gasteiger partial charge is 0.489 e. The van der Waals surface area contributed by atoms with Crippen LogP contribution in [0.2, 0.25) is 0 Å². The lowest BCUT2D eigenvalue weighted by molar-refractivity contribution is 0.200. The van der Waals surface area contributed by atoms with Gasteiger partial charge >= 0.3 is 0 Å². The molecular weight excluding hydrogens is 350 g/mol. The summed E-state index contributed by atoms with van der Waals surface area (Å²) in [5.74, 6) is 0.729. The highest BCUT2D eigenvalue weighted by atomic mass is 79.9. The van der Waals surface area contributed by atoms with E-state index in [-0.39, 0.29) is 6.61 Å². The number of rotatable bonds is 6. The van der Waals surface area contributed by atoms with Crippen molar-refractivity contribution in [1.29, 1.82) is 0 Å². The van der Waals surface area contributed by atoms with E-state index in [1.165, 1.54) is 5.56 Å². The minimum absolute atomic E-state index is 0.00946. The zero-order chi connectivity index (χ0) is 12.8. The van der Waals surface area contributed by atoms with Gasteiger partial charge in [-0.3, -0.25) is 0 Å². The van der Waals surface area contributed by atoms with Crippen LogP contribution in [0.25, 0.3) is 0 Å². The summed E-state index contributed by atoms with van der Waals surface area (Å²) in [7, 11) is 0. The van der Waals surface area contributed by atoms with Gasteiger partial charge in [0, 0.05) is 12.6 Å². The van der Waals surface area contributed by atoms with Gasteiger partial charge in [0.05, 0.1) is 15.6 Å². The van der Waals surface area contributed by atoms with E-state index in [9.17, 15) is 0 Å². The number of ether oxygens (including phenoxy) is 1. The molecule has 0 bridgehead atoms. The van der Waals surface area contributed by atoms with Gasteiger partial charge < -0.3 is 15.2 Å². The van der Waals surface area contributed by atoms with Crippen LogP contribution in [0, 0.1) is 0 Å². The summed E-state index contributed by atoms with van der Waals surface area (Å²) in [5.41, 5.74) is 1.17. The first-order valence-corrected chi connectivity index (χ1v) is 7.08. The lowest BCUT2D eigenvalue weighted by Crippen LogP contribution is -2.21. The van der Waals surface area contributed by atoms with E-state index in [4.69, 9.17) is 9.84 Å². The van der Waals surface area contributed by atoms with Crippen LogP contribution in [0.15, 0.2) is 21.1 Å². The van der Waals surface area contributed by atoms with E-state index in [1.807, 2.05) is 12.1 Å². The number of halogens is 2. The predicted octanol–water partition coefficient (Wildman–Crippen LogP) is 3.08. The number of aliphatic hydroxyl groups excluding tert-OH is 1. The molecule has 0 fully saturated rings. The van der Waals surface area contributed by atoms with Crippen molar-refractivity contribution in [2.45, 2.75) is 26.4 Å². The molecule has 0 aliphatic carbocycles. The number of nitrogens with one attached hydrogen (secondary N) is 1. The average Bonchev–Trinajstić information content (AvgIpc) is 2.25. The first-order valence-electron chi connectivity index (χ1n) is 5.49. The Hall–Kier alpha value is -0.100. The van der Waals surface area contributed by atoms with Crippen molar-refractivity contribution < 1.29 is 9.84 Å². The number of aliphatic hydroxyl groups is 1. The van der Waals surface area contributed by atoms with Gasteiger partial charge in [0.1, 0.15) is 12.4 Å². The van der Waals surface area contributed by atoms with Crippen LogP contribution in [0.5, 0.6) is 5.75 Å². The molecule has 2 N–H and O–H groups in total. The maximum Gasteiger partial charge on any atom is 0.147 e. The summed E-state index contributed by atoms with van der Waals surface area (Å²) in [4.78, 5) is 0. The van der Waals surface area contributed by atoms with Crippen molar-refractivity contribution in [3.8, 4) is 5.75 Å². The van der Waals surface area contributed by atoms with E-state index in [0.717, 1.165) is 21.2 Å². The SMILES string of the molecule is CC(C)NCc1cc(Br)c(OCCO)c(Br)c1. The van der Waals surface area contributed by atoms with Gasteiger partial charge in [0.2, 0.25) is 0 Å². The third-order valence-electron chi connectivity index (χ3n) is 2.11. The van der Waals surface area contributed by atoms with Crippen LogP contribution in [-0.2, 0) is 6.54 Å². The Kier molecular flexibility index (Phi) is 6.48. The van der Waals surface area contributed by atoms with Crippen molar-refractivity contribution in [2.75, 3.05) is 13.2 Å². The van der Waals surface area contributed by atoms with Crippen LogP contribution >= 0.6 is 31.9 Å². The molecule has 0 unspecified atom stereocenters. The molecule has 0 aliphatic heterocycles. The Morgan fingerprint density at radius 1 is 1.29 bits per heavy atom. The van der Waals surface area contributed by atoms with Crippen molar-refractivity contribution in [2.24, 2.45) is 0 Å². The lowest BCUT2D eigenvalue weighted by Gasteiger charge is -2.13. The van der Waals surface area contributed by atoms with Crippen molar-refractivity contribution in [3.63, 3.8) is 0 Å². The fourth-order valence-electron chi connectivity index (χ4n) is 1.32. The molecule has 5 heteroatoms. The standard InChI is InChI=1S/C12H17Br2NO2/c1-8(2)15-7-9-5-10(13)12(11(14)6-9)17-4-3-16/h5-6,8,15-16H,3-4,7H2,1-2H3. The van der Waals surface area contributed by atoms with Gasteiger partial charge in [-0.15, -0.1) is 0 Å². The normalized spacial score (nSPS) is 10.9. The number of hydrogen-bond acceptors (Lipinski definition) is 3. The maximum absolute atomic E-state index is 8.74. The second-order valence-corrected chi connectivity index (χ2v) is 5.70. The van der Waals surface area contributed by atoms with Gasteiger partial charge in [-0.2, -0.15) is 0 Å². The minimum atomic E-state index is 0.00946.